The summed E-state index contributed by atoms with van der Waals surface area (Å²) in [7, 11) is 0. The second-order valence-electron chi connectivity index (χ2n) is 5.16. The van der Waals surface area contributed by atoms with Crippen molar-refractivity contribution in [3.63, 3.8) is 0 Å². The third kappa shape index (κ3) is 2.73. The molecule has 0 saturated carbocycles. The lowest BCUT2D eigenvalue weighted by atomic mass is 10.0. The van der Waals surface area contributed by atoms with Crippen LogP contribution in [-0.2, 0) is 6.54 Å². The van der Waals surface area contributed by atoms with Crippen molar-refractivity contribution in [1.29, 1.82) is 0 Å². The van der Waals surface area contributed by atoms with Crippen molar-refractivity contribution >= 4 is 11.0 Å². The highest BCUT2D eigenvalue weighted by Crippen LogP contribution is 2.16. The molecule has 1 aromatic carbocycles. The predicted octanol–water partition coefficient (Wildman–Crippen LogP) is 3.46. The van der Waals surface area contributed by atoms with Crippen LogP contribution in [0.2, 0.25) is 0 Å². The Morgan fingerprint density at radius 2 is 2.00 bits per heavy atom. The van der Waals surface area contributed by atoms with E-state index in [1.54, 1.807) is 0 Å². The predicted molar refractivity (Wildman–Crippen MR) is 82.7 cm³/mol. The van der Waals surface area contributed by atoms with Gasteiger partial charge in [-0.05, 0) is 29.2 Å². The Morgan fingerprint density at radius 3 is 2.85 bits per heavy atom. The Labute approximate surface area is 119 Å². The molecular formula is C17H19N3. The van der Waals surface area contributed by atoms with E-state index in [9.17, 15) is 0 Å². The first-order chi connectivity index (χ1) is 9.84. The van der Waals surface area contributed by atoms with Crippen LogP contribution < -0.4 is 5.32 Å². The molecule has 1 atom stereocenters. The topological polar surface area (TPSA) is 40.7 Å². The molecule has 102 valence electrons. The highest BCUT2D eigenvalue weighted by molar-refractivity contribution is 5.79. The van der Waals surface area contributed by atoms with Gasteiger partial charge in [-0.25, -0.2) is 4.98 Å². The van der Waals surface area contributed by atoms with Crippen molar-refractivity contribution in [2.24, 2.45) is 0 Å². The molecule has 0 aliphatic rings. The first kappa shape index (κ1) is 12.9. The quantitative estimate of drug-likeness (QED) is 0.741. The van der Waals surface area contributed by atoms with Gasteiger partial charge in [0, 0.05) is 30.9 Å². The van der Waals surface area contributed by atoms with Gasteiger partial charge in [-0.15, -0.1) is 0 Å². The van der Waals surface area contributed by atoms with Gasteiger partial charge in [0.05, 0.1) is 0 Å². The van der Waals surface area contributed by atoms with E-state index < -0.39 is 0 Å². The Bertz CT molecular complexity index is 673. The molecule has 0 amide bonds. The van der Waals surface area contributed by atoms with Crippen LogP contribution in [0.15, 0.2) is 54.9 Å². The number of aromatic amines is 1. The molecule has 0 saturated heterocycles. The first-order valence-corrected chi connectivity index (χ1v) is 7.01. The Morgan fingerprint density at radius 1 is 1.15 bits per heavy atom. The molecule has 3 nitrogen and oxygen atoms in total. The largest absolute Gasteiger partial charge is 0.346 e. The molecule has 3 aromatic rings. The minimum absolute atomic E-state index is 0.513. The van der Waals surface area contributed by atoms with Gasteiger partial charge < -0.3 is 10.3 Å². The number of benzene rings is 1. The zero-order valence-electron chi connectivity index (χ0n) is 11.6. The fourth-order valence-corrected chi connectivity index (χ4v) is 2.48. The van der Waals surface area contributed by atoms with E-state index >= 15 is 0 Å². The Hall–Kier alpha value is -2.13. The summed E-state index contributed by atoms with van der Waals surface area (Å²) in [5.41, 5.74) is 3.61. The summed E-state index contributed by atoms with van der Waals surface area (Å²) in [4.78, 5) is 7.52. The maximum atomic E-state index is 4.31. The monoisotopic (exact) mass is 265 g/mol. The van der Waals surface area contributed by atoms with E-state index in [0.29, 0.717) is 5.92 Å². The summed E-state index contributed by atoms with van der Waals surface area (Å²) >= 11 is 0. The Kier molecular flexibility index (Phi) is 3.79. The van der Waals surface area contributed by atoms with Gasteiger partial charge in [0.25, 0.3) is 0 Å². The van der Waals surface area contributed by atoms with E-state index in [1.165, 1.54) is 16.5 Å². The van der Waals surface area contributed by atoms with Crippen LogP contribution in [0.3, 0.4) is 0 Å². The normalized spacial score (nSPS) is 12.7. The number of aromatic nitrogens is 2. The number of rotatable bonds is 5. The van der Waals surface area contributed by atoms with Crippen LogP contribution in [0.25, 0.3) is 11.0 Å². The third-order valence-electron chi connectivity index (χ3n) is 3.67. The molecule has 1 unspecified atom stereocenters. The Balaban J connectivity index is 1.60. The second kappa shape index (κ2) is 5.88. The van der Waals surface area contributed by atoms with Crippen molar-refractivity contribution in [2.75, 3.05) is 6.54 Å². The maximum absolute atomic E-state index is 4.31. The number of pyridine rings is 1. The van der Waals surface area contributed by atoms with Gasteiger partial charge in [0.2, 0.25) is 0 Å². The minimum atomic E-state index is 0.513. The lowest BCUT2D eigenvalue weighted by Crippen LogP contribution is -2.19. The van der Waals surface area contributed by atoms with E-state index in [2.05, 4.69) is 58.6 Å². The van der Waals surface area contributed by atoms with Gasteiger partial charge in [0.15, 0.2) is 0 Å². The van der Waals surface area contributed by atoms with Crippen LogP contribution in [0.5, 0.6) is 0 Å². The molecule has 0 fully saturated rings. The van der Waals surface area contributed by atoms with Crippen molar-refractivity contribution in [2.45, 2.75) is 19.4 Å². The van der Waals surface area contributed by atoms with Crippen molar-refractivity contribution < 1.29 is 0 Å². The second-order valence-corrected chi connectivity index (χ2v) is 5.16. The first-order valence-electron chi connectivity index (χ1n) is 7.01. The number of nitrogens with zero attached hydrogens (tertiary/aromatic N) is 1. The van der Waals surface area contributed by atoms with Crippen LogP contribution in [0, 0.1) is 0 Å². The number of hydrogen-bond acceptors (Lipinski definition) is 2. The van der Waals surface area contributed by atoms with Gasteiger partial charge in [-0.1, -0.05) is 37.3 Å². The molecular weight excluding hydrogens is 246 g/mol. The maximum Gasteiger partial charge on any atom is 0.137 e. The van der Waals surface area contributed by atoms with E-state index in [-0.39, 0.29) is 0 Å². The minimum Gasteiger partial charge on any atom is -0.346 e. The average Bonchev–Trinajstić information content (AvgIpc) is 2.92. The third-order valence-corrected chi connectivity index (χ3v) is 3.67. The van der Waals surface area contributed by atoms with Crippen molar-refractivity contribution in [3.05, 3.63) is 66.0 Å². The average molecular weight is 265 g/mol. The van der Waals surface area contributed by atoms with Gasteiger partial charge >= 0.3 is 0 Å². The summed E-state index contributed by atoms with van der Waals surface area (Å²) in [5, 5.41) is 4.73. The smallest absolute Gasteiger partial charge is 0.137 e. The van der Waals surface area contributed by atoms with Gasteiger partial charge in [-0.2, -0.15) is 0 Å². The van der Waals surface area contributed by atoms with E-state index in [0.717, 1.165) is 18.7 Å². The number of fused-ring (bicyclic) bond motifs is 1. The molecule has 0 spiro atoms. The van der Waals surface area contributed by atoms with Crippen molar-refractivity contribution in [1.82, 2.24) is 15.3 Å². The van der Waals surface area contributed by atoms with Gasteiger partial charge in [0.1, 0.15) is 5.65 Å². The van der Waals surface area contributed by atoms with Crippen LogP contribution in [0.4, 0.5) is 0 Å². The lowest BCUT2D eigenvalue weighted by Gasteiger charge is -2.12. The summed E-state index contributed by atoms with van der Waals surface area (Å²) < 4.78 is 0. The van der Waals surface area contributed by atoms with Crippen LogP contribution in [0.1, 0.15) is 24.0 Å². The van der Waals surface area contributed by atoms with E-state index in [4.69, 9.17) is 0 Å². The molecule has 20 heavy (non-hydrogen) atoms. The molecule has 3 heteroatoms. The summed E-state index contributed by atoms with van der Waals surface area (Å²) in [6.07, 6.45) is 3.85. The molecule has 2 N–H and O–H groups in total. The lowest BCUT2D eigenvalue weighted by molar-refractivity contribution is 0.617. The molecule has 2 heterocycles. The molecule has 0 aliphatic heterocycles. The number of hydrogen-bond donors (Lipinski definition) is 2. The summed E-state index contributed by atoms with van der Waals surface area (Å²) in [6.45, 7) is 4.08. The number of H-pyrrole nitrogens is 1. The zero-order chi connectivity index (χ0) is 13.8. The van der Waals surface area contributed by atoms with Gasteiger partial charge in [-0.3, -0.25) is 0 Å². The summed E-state index contributed by atoms with van der Waals surface area (Å²) in [5.74, 6) is 0.513. The fourth-order valence-electron chi connectivity index (χ4n) is 2.48. The fraction of sp³-hybridized carbons (Fsp3) is 0.235. The highest BCUT2D eigenvalue weighted by atomic mass is 14.9. The van der Waals surface area contributed by atoms with Crippen molar-refractivity contribution in [3.8, 4) is 0 Å². The SMILES string of the molecule is CC(CNCc1c[nH]c2ncccc12)c1ccccc1. The molecule has 0 radical (unpaired) electrons. The molecule has 0 bridgehead atoms. The molecule has 2 aromatic heterocycles. The standard InChI is InChI=1S/C17H19N3/c1-13(14-6-3-2-4-7-14)10-18-11-15-12-20-17-16(15)8-5-9-19-17/h2-9,12-13,18H,10-11H2,1H3,(H,19,20). The molecule has 0 aliphatic carbocycles. The van der Waals surface area contributed by atoms with Crippen LogP contribution >= 0.6 is 0 Å². The zero-order valence-corrected chi connectivity index (χ0v) is 11.6. The highest BCUT2D eigenvalue weighted by Gasteiger charge is 2.06. The summed E-state index contributed by atoms with van der Waals surface area (Å²) in [6, 6.07) is 14.7. The molecule has 3 rings (SSSR count). The van der Waals surface area contributed by atoms with Crippen LogP contribution in [-0.4, -0.2) is 16.5 Å². The number of nitrogens with one attached hydrogen (secondary N) is 2. The van der Waals surface area contributed by atoms with E-state index in [1.807, 2.05) is 18.5 Å².